The first-order valence-electron chi connectivity index (χ1n) is 9.61. The van der Waals surface area contributed by atoms with Gasteiger partial charge in [-0.1, -0.05) is 6.07 Å². The van der Waals surface area contributed by atoms with Crippen LogP contribution in [-0.4, -0.2) is 55.1 Å². The Bertz CT molecular complexity index is 1000. The summed E-state index contributed by atoms with van der Waals surface area (Å²) in [6, 6.07) is 9.96. The number of rotatable bonds is 7. The Morgan fingerprint density at radius 1 is 1.23 bits per heavy atom. The van der Waals surface area contributed by atoms with E-state index < -0.39 is 0 Å². The lowest BCUT2D eigenvalue weighted by Crippen LogP contribution is -2.39. The highest BCUT2D eigenvalue weighted by molar-refractivity contribution is 14.0. The van der Waals surface area contributed by atoms with Gasteiger partial charge in [0.05, 0.1) is 19.9 Å². The summed E-state index contributed by atoms with van der Waals surface area (Å²) in [7, 11) is 7.12. The number of hydrogen-bond acceptors (Lipinski definition) is 4. The monoisotopic (exact) mass is 523 g/mol. The average Bonchev–Trinajstić information content (AvgIpc) is 3.15. The number of methoxy groups -OCH3 is 2. The Kier molecular flexibility index (Phi) is 8.76. The largest absolute Gasteiger partial charge is 0.497 e. The summed E-state index contributed by atoms with van der Waals surface area (Å²) < 4.78 is 12.8. The third-order valence-corrected chi connectivity index (χ3v) is 4.87. The number of guanidine groups is 1. The van der Waals surface area contributed by atoms with Crippen molar-refractivity contribution in [2.75, 3.05) is 34.9 Å². The first kappa shape index (κ1) is 23.8. The van der Waals surface area contributed by atoms with Gasteiger partial charge < -0.3 is 24.1 Å². The Hall–Kier alpha value is -2.49. The highest BCUT2D eigenvalue weighted by Gasteiger charge is 2.11. The van der Waals surface area contributed by atoms with E-state index in [2.05, 4.69) is 38.8 Å². The predicted octanol–water partition coefficient (Wildman–Crippen LogP) is 3.53. The van der Waals surface area contributed by atoms with Crippen LogP contribution >= 0.6 is 24.0 Å². The van der Waals surface area contributed by atoms with Gasteiger partial charge in [0.2, 0.25) is 0 Å². The molecule has 0 aliphatic heterocycles. The second kappa shape index (κ2) is 11.1. The van der Waals surface area contributed by atoms with E-state index in [1.165, 1.54) is 5.56 Å². The number of aliphatic imine (C=N–C) groups is 1. The Labute approximate surface area is 195 Å². The number of aromatic nitrogens is 2. The van der Waals surface area contributed by atoms with Gasteiger partial charge in [-0.3, -0.25) is 4.99 Å². The number of nitrogens with one attached hydrogen (secondary N) is 1. The quantitative estimate of drug-likeness (QED) is 0.292. The topological polar surface area (TPSA) is 63.4 Å². The van der Waals surface area contributed by atoms with E-state index in [0.29, 0.717) is 6.54 Å². The zero-order chi connectivity index (χ0) is 20.8. The first-order chi connectivity index (χ1) is 14.0. The molecule has 0 saturated carbocycles. The van der Waals surface area contributed by atoms with Crippen LogP contribution in [0.25, 0.3) is 5.65 Å². The van der Waals surface area contributed by atoms with Crippen molar-refractivity contribution in [3.63, 3.8) is 0 Å². The second-order valence-electron chi connectivity index (χ2n) is 6.91. The summed E-state index contributed by atoms with van der Waals surface area (Å²) in [6.45, 7) is 3.49. The molecule has 0 aliphatic rings. The third-order valence-electron chi connectivity index (χ3n) is 4.87. The van der Waals surface area contributed by atoms with Crippen molar-refractivity contribution < 1.29 is 9.47 Å². The highest BCUT2D eigenvalue weighted by Crippen LogP contribution is 2.25. The van der Waals surface area contributed by atoms with Crippen molar-refractivity contribution in [2.24, 2.45) is 4.99 Å². The van der Waals surface area contributed by atoms with Crippen LogP contribution < -0.4 is 14.8 Å². The molecule has 0 unspecified atom stereocenters. The maximum absolute atomic E-state index is 5.50. The van der Waals surface area contributed by atoms with Crippen LogP contribution in [0.15, 0.2) is 47.7 Å². The van der Waals surface area contributed by atoms with E-state index in [0.717, 1.165) is 47.3 Å². The van der Waals surface area contributed by atoms with Gasteiger partial charge in [0.25, 0.3) is 0 Å². The summed E-state index contributed by atoms with van der Waals surface area (Å²) in [4.78, 5) is 11.2. The molecule has 0 fully saturated rings. The SMILES string of the molecule is CN=C(NCCc1cn2cccc(C)c2n1)N(C)Cc1ccc(OC)cc1OC.I. The molecule has 162 valence electrons. The van der Waals surface area contributed by atoms with E-state index in [1.807, 2.05) is 37.5 Å². The normalized spacial score (nSPS) is 11.2. The molecule has 2 heterocycles. The molecule has 0 aliphatic carbocycles. The molecule has 8 heteroatoms. The van der Waals surface area contributed by atoms with Crippen molar-refractivity contribution in [1.82, 2.24) is 19.6 Å². The van der Waals surface area contributed by atoms with Crippen LogP contribution in [0.4, 0.5) is 0 Å². The van der Waals surface area contributed by atoms with Crippen LogP contribution in [0.2, 0.25) is 0 Å². The summed E-state index contributed by atoms with van der Waals surface area (Å²) in [6.07, 6.45) is 4.93. The molecule has 1 aromatic carbocycles. The number of imidazole rings is 1. The number of nitrogens with zero attached hydrogens (tertiary/aromatic N) is 4. The van der Waals surface area contributed by atoms with Crippen molar-refractivity contribution >= 4 is 35.6 Å². The number of benzene rings is 1. The fraction of sp³-hybridized carbons (Fsp3) is 0.364. The Balaban J connectivity index is 0.00000320. The van der Waals surface area contributed by atoms with Crippen molar-refractivity contribution in [1.29, 1.82) is 0 Å². The first-order valence-corrected chi connectivity index (χ1v) is 9.61. The smallest absolute Gasteiger partial charge is 0.193 e. The maximum atomic E-state index is 5.50. The molecule has 0 amide bonds. The summed E-state index contributed by atoms with van der Waals surface area (Å²) in [5.41, 5.74) is 4.31. The summed E-state index contributed by atoms with van der Waals surface area (Å²) >= 11 is 0. The fourth-order valence-electron chi connectivity index (χ4n) is 3.32. The highest BCUT2D eigenvalue weighted by atomic mass is 127. The molecule has 0 saturated heterocycles. The van der Waals surface area contributed by atoms with Gasteiger partial charge in [0.15, 0.2) is 5.96 Å². The minimum atomic E-state index is 0. The summed E-state index contributed by atoms with van der Waals surface area (Å²) in [5.74, 6) is 2.40. The molecule has 0 spiro atoms. The molecule has 30 heavy (non-hydrogen) atoms. The van der Waals surface area contributed by atoms with E-state index in [9.17, 15) is 0 Å². The molecule has 3 aromatic rings. The van der Waals surface area contributed by atoms with Gasteiger partial charge >= 0.3 is 0 Å². The standard InChI is InChI=1S/C22H29N5O2.HI/c1-16-7-6-12-27-15-18(25-21(16)27)10-11-24-22(23-2)26(3)14-17-8-9-19(28-4)13-20(17)29-5;/h6-9,12-13,15H,10-11,14H2,1-5H3,(H,23,24);1H. The lowest BCUT2D eigenvalue weighted by atomic mass is 10.2. The molecule has 0 radical (unpaired) electrons. The number of pyridine rings is 1. The van der Waals surface area contributed by atoms with Gasteiger partial charge in [0, 0.05) is 57.6 Å². The molecule has 0 bridgehead atoms. The van der Waals surface area contributed by atoms with E-state index in [-0.39, 0.29) is 24.0 Å². The lowest BCUT2D eigenvalue weighted by Gasteiger charge is -2.23. The molecule has 3 rings (SSSR count). The van der Waals surface area contributed by atoms with Crippen LogP contribution in [-0.2, 0) is 13.0 Å². The number of hydrogen-bond donors (Lipinski definition) is 1. The van der Waals surface area contributed by atoms with Gasteiger partial charge in [0.1, 0.15) is 17.1 Å². The van der Waals surface area contributed by atoms with Crippen LogP contribution in [0, 0.1) is 6.92 Å². The Morgan fingerprint density at radius 2 is 2.03 bits per heavy atom. The van der Waals surface area contributed by atoms with Crippen molar-refractivity contribution in [2.45, 2.75) is 19.9 Å². The van der Waals surface area contributed by atoms with Crippen molar-refractivity contribution in [3.05, 3.63) is 59.5 Å². The van der Waals surface area contributed by atoms with Crippen LogP contribution in [0.3, 0.4) is 0 Å². The van der Waals surface area contributed by atoms with E-state index in [4.69, 9.17) is 14.5 Å². The van der Waals surface area contributed by atoms with E-state index >= 15 is 0 Å². The molecule has 0 atom stereocenters. The minimum Gasteiger partial charge on any atom is -0.497 e. The average molecular weight is 523 g/mol. The molecule has 2 aromatic heterocycles. The lowest BCUT2D eigenvalue weighted by molar-refractivity contribution is 0.382. The molecular formula is C22H30IN5O2. The molecule has 1 N–H and O–H groups in total. The summed E-state index contributed by atoms with van der Waals surface area (Å²) in [5, 5.41) is 3.42. The third kappa shape index (κ3) is 5.56. The number of aryl methyl sites for hydroxylation is 1. The predicted molar refractivity (Wildman–Crippen MR) is 131 cm³/mol. The zero-order valence-electron chi connectivity index (χ0n) is 18.2. The van der Waals surface area contributed by atoms with Crippen LogP contribution in [0.1, 0.15) is 16.8 Å². The minimum absolute atomic E-state index is 0. The maximum Gasteiger partial charge on any atom is 0.193 e. The van der Waals surface area contributed by atoms with Gasteiger partial charge in [-0.05, 0) is 30.7 Å². The Morgan fingerprint density at radius 3 is 2.70 bits per heavy atom. The fourth-order valence-corrected chi connectivity index (χ4v) is 3.32. The molecule has 7 nitrogen and oxygen atoms in total. The van der Waals surface area contributed by atoms with Gasteiger partial charge in [-0.2, -0.15) is 0 Å². The van der Waals surface area contributed by atoms with Gasteiger partial charge in [-0.25, -0.2) is 4.98 Å². The second-order valence-corrected chi connectivity index (χ2v) is 6.91. The number of halogens is 1. The van der Waals surface area contributed by atoms with Crippen LogP contribution in [0.5, 0.6) is 11.5 Å². The van der Waals surface area contributed by atoms with Crippen molar-refractivity contribution in [3.8, 4) is 11.5 Å². The molecular weight excluding hydrogens is 493 g/mol. The van der Waals surface area contributed by atoms with E-state index in [1.54, 1.807) is 21.3 Å². The van der Waals surface area contributed by atoms with Gasteiger partial charge in [-0.15, -0.1) is 24.0 Å². The number of fused-ring (bicyclic) bond motifs is 1. The number of ether oxygens (including phenoxy) is 2. The zero-order valence-corrected chi connectivity index (χ0v) is 20.5.